The molecule has 2 aliphatic heterocycles. The van der Waals surface area contributed by atoms with Crippen molar-refractivity contribution in [3.63, 3.8) is 0 Å². The van der Waals surface area contributed by atoms with Crippen LogP contribution < -0.4 is 5.32 Å². The molecule has 0 aliphatic carbocycles. The van der Waals surface area contributed by atoms with E-state index in [0.29, 0.717) is 16.7 Å². The Kier molecular flexibility index (Phi) is 6.70. The molecular weight excluding hydrogens is 509 g/mol. The average molecular weight is 533 g/mol. The lowest BCUT2D eigenvalue weighted by Gasteiger charge is -2.59. The van der Waals surface area contributed by atoms with E-state index in [0.717, 1.165) is 16.9 Å². The highest BCUT2D eigenvalue weighted by molar-refractivity contribution is 6.66. The zero-order chi connectivity index (χ0) is 28.4. The lowest BCUT2D eigenvalue weighted by molar-refractivity contribution is -0.154. The van der Waals surface area contributed by atoms with Gasteiger partial charge >= 0.3 is 5.92 Å². The van der Waals surface area contributed by atoms with Crippen LogP contribution >= 0.6 is 11.6 Å². The van der Waals surface area contributed by atoms with E-state index >= 15 is 0 Å². The first-order chi connectivity index (χ1) is 17.5. The molecule has 1 atom stereocenters. The van der Waals surface area contributed by atoms with Crippen LogP contribution in [0.15, 0.2) is 42.5 Å². The van der Waals surface area contributed by atoms with E-state index in [4.69, 9.17) is 11.6 Å². The smallest absolute Gasteiger partial charge is 0.348 e. The highest BCUT2D eigenvalue weighted by Gasteiger charge is 2.64. The molecule has 0 unspecified atom stereocenters. The number of alkyl halides is 2. The Morgan fingerprint density at radius 3 is 2.24 bits per heavy atom. The van der Waals surface area contributed by atoms with E-state index in [9.17, 15) is 28.0 Å². The van der Waals surface area contributed by atoms with Gasteiger partial charge in [0.15, 0.2) is 0 Å². The largest absolute Gasteiger partial charge is 0.384 e. The molecule has 2 heterocycles. The number of fused-ring (bicyclic) bond motifs is 1. The third-order valence-corrected chi connectivity index (χ3v) is 9.02. The molecule has 0 saturated carbocycles. The Morgan fingerprint density at radius 1 is 1.03 bits per heavy atom. The molecule has 1 N–H and O–H groups in total. The second-order valence-corrected chi connectivity index (χ2v) is 11.7. The topological polar surface area (TPSA) is 86.8 Å². The maximum Gasteiger partial charge on any atom is 0.348 e. The summed E-state index contributed by atoms with van der Waals surface area (Å²) in [5.74, 6) is -6.44. The summed E-state index contributed by atoms with van der Waals surface area (Å²) in [4.78, 5) is 54.3. The number of nitrogens with zero attached hydrogens (tertiary/aromatic N) is 2. The molecule has 0 spiro atoms. The normalized spacial score (nSPS) is 22.1. The van der Waals surface area contributed by atoms with Crippen molar-refractivity contribution in [3.05, 3.63) is 69.7 Å². The van der Waals surface area contributed by atoms with Crippen LogP contribution in [0.4, 0.5) is 8.78 Å². The van der Waals surface area contributed by atoms with Crippen LogP contribution in [0.5, 0.6) is 0 Å². The Hall–Kier alpha value is -2.94. The van der Waals surface area contributed by atoms with Gasteiger partial charge < -0.3 is 9.71 Å². The summed E-state index contributed by atoms with van der Waals surface area (Å²) in [7, 11) is 10.0. The monoisotopic (exact) mass is 533 g/mol. The van der Waals surface area contributed by atoms with Gasteiger partial charge in [0.1, 0.15) is 39.2 Å². The quantitative estimate of drug-likeness (QED) is 0.323. The molecular formula is C22H24B6ClF2N3O4. The van der Waals surface area contributed by atoms with E-state index in [1.165, 1.54) is 25.0 Å². The number of hydrogen-bond acceptors (Lipinski definition) is 4. The van der Waals surface area contributed by atoms with Crippen molar-refractivity contribution in [2.24, 2.45) is 0 Å². The van der Waals surface area contributed by atoms with Gasteiger partial charge in [-0.2, -0.15) is 8.78 Å². The SMILES string of the molecule is BN(Cc1ccc2c(c1)CN([C@@]1(B)C(=O)NC(=O)C(B)(B)C1(B)B)C2=O)C(=O)C(F)(F)c1ccc(Cl)cc1. The van der Waals surface area contributed by atoms with Gasteiger partial charge in [-0.15, -0.1) is 0 Å². The summed E-state index contributed by atoms with van der Waals surface area (Å²) in [6.45, 7) is -0.0213. The lowest BCUT2D eigenvalue weighted by Crippen LogP contribution is -2.75. The Balaban J connectivity index is 1.58. The van der Waals surface area contributed by atoms with Gasteiger partial charge in [-0.05, 0) is 34.5 Å². The molecule has 2 aromatic carbocycles. The van der Waals surface area contributed by atoms with Crippen LogP contribution in [0, 0.1) is 0 Å². The zero-order valence-corrected chi connectivity index (χ0v) is 22.9. The fourth-order valence-corrected chi connectivity index (χ4v) is 5.34. The molecule has 16 heteroatoms. The van der Waals surface area contributed by atoms with Crippen LogP contribution in [-0.2, 0) is 33.4 Å². The molecule has 2 aliphatic rings. The molecule has 1 saturated heterocycles. The van der Waals surface area contributed by atoms with Gasteiger partial charge in [0.05, 0.1) is 5.44 Å². The fourth-order valence-electron chi connectivity index (χ4n) is 5.22. The van der Waals surface area contributed by atoms with Crippen molar-refractivity contribution >= 4 is 82.4 Å². The third kappa shape index (κ3) is 4.01. The highest BCUT2D eigenvalue weighted by atomic mass is 35.5. The van der Waals surface area contributed by atoms with Crippen LogP contribution in [-0.4, -0.2) is 86.0 Å². The van der Waals surface area contributed by atoms with Gasteiger partial charge in [0.25, 0.3) is 11.8 Å². The number of amides is 4. The van der Waals surface area contributed by atoms with Gasteiger partial charge in [-0.3, -0.25) is 24.5 Å². The number of rotatable bonds is 5. The Morgan fingerprint density at radius 2 is 1.63 bits per heavy atom. The number of nitrogens with one attached hydrogen (secondary N) is 1. The molecule has 7 nitrogen and oxygen atoms in total. The van der Waals surface area contributed by atoms with E-state index in [1.54, 1.807) is 57.4 Å². The molecule has 4 amide bonds. The van der Waals surface area contributed by atoms with Crippen molar-refractivity contribution in [3.8, 4) is 0 Å². The number of imide groups is 1. The maximum absolute atomic E-state index is 14.9. The van der Waals surface area contributed by atoms with Crippen molar-refractivity contribution in [1.29, 1.82) is 0 Å². The van der Waals surface area contributed by atoms with E-state index < -0.39 is 45.1 Å². The minimum Gasteiger partial charge on any atom is -0.384 e. The molecule has 0 radical (unpaired) electrons. The summed E-state index contributed by atoms with van der Waals surface area (Å²) in [5, 5.41) is 0.842. The Bertz CT molecular complexity index is 1380. The fraction of sp³-hybridized carbons (Fsp3) is 0.273. The Labute approximate surface area is 229 Å². The predicted molar refractivity (Wildman–Crippen MR) is 155 cm³/mol. The molecule has 2 aromatic rings. The van der Waals surface area contributed by atoms with E-state index in [1.807, 2.05) is 0 Å². The summed E-state index contributed by atoms with van der Waals surface area (Å²) >= 11 is 5.78. The maximum atomic E-state index is 14.9. The van der Waals surface area contributed by atoms with E-state index in [2.05, 4.69) is 5.32 Å². The van der Waals surface area contributed by atoms with Crippen LogP contribution in [0.25, 0.3) is 0 Å². The number of piperidine rings is 1. The molecule has 190 valence electrons. The van der Waals surface area contributed by atoms with E-state index in [-0.39, 0.29) is 24.0 Å². The second-order valence-electron chi connectivity index (χ2n) is 11.2. The summed E-state index contributed by atoms with van der Waals surface area (Å²) in [6.07, 6.45) is 0. The highest BCUT2D eigenvalue weighted by Crippen LogP contribution is 2.55. The standard InChI is InChI=1S/C22H24B6ClF2N3O4/c23-20(24)16(36)32-17(37)21(25,22(20,26)27)33-9-11-7-10(1-6-14(11)15(33)35)8-34(28)18(38)19(30,31)12-2-4-13(29)5-3-12/h1-7H,8-9,23-28H2,(H,32,36,37)/t21-/m0/s1. The first-order valence-corrected chi connectivity index (χ1v) is 12.5. The lowest BCUT2D eigenvalue weighted by atomic mass is 9.21. The van der Waals surface area contributed by atoms with Crippen molar-refractivity contribution in [2.75, 3.05) is 0 Å². The average Bonchev–Trinajstić information content (AvgIpc) is 3.17. The van der Waals surface area contributed by atoms with Crippen molar-refractivity contribution in [2.45, 2.75) is 34.9 Å². The minimum absolute atomic E-state index is 0.0955. The number of carbonyl (C=O) groups is 4. The first kappa shape index (κ1) is 28.1. The molecule has 38 heavy (non-hydrogen) atoms. The van der Waals surface area contributed by atoms with Gasteiger partial charge in [0, 0.05) is 29.2 Å². The number of benzene rings is 2. The van der Waals surface area contributed by atoms with Gasteiger partial charge in [0.2, 0.25) is 19.8 Å². The first-order valence-electron chi connectivity index (χ1n) is 12.2. The third-order valence-electron chi connectivity index (χ3n) is 8.77. The van der Waals surface area contributed by atoms with Crippen molar-refractivity contribution in [1.82, 2.24) is 15.0 Å². The minimum atomic E-state index is -3.75. The molecule has 4 rings (SSSR count). The van der Waals surface area contributed by atoms with Crippen LogP contribution in [0.3, 0.4) is 0 Å². The molecule has 0 aromatic heterocycles. The number of carbonyl (C=O) groups excluding carboxylic acids is 4. The van der Waals surface area contributed by atoms with Gasteiger partial charge in [-0.1, -0.05) is 41.1 Å². The summed E-state index contributed by atoms with van der Waals surface area (Å²) in [5.41, 5.74) is -0.258. The summed E-state index contributed by atoms with van der Waals surface area (Å²) < 4.78 is 29.7. The number of hydrogen-bond donors (Lipinski definition) is 1. The van der Waals surface area contributed by atoms with Gasteiger partial charge in [-0.25, -0.2) is 0 Å². The molecule has 0 bridgehead atoms. The van der Waals surface area contributed by atoms with Crippen LogP contribution in [0.2, 0.25) is 15.5 Å². The summed E-state index contributed by atoms with van der Waals surface area (Å²) in [6, 6.07) is 9.69. The zero-order valence-electron chi connectivity index (χ0n) is 22.1. The predicted octanol–water partition coefficient (Wildman–Crippen LogP) is -3.28. The second kappa shape index (κ2) is 9.07. The van der Waals surface area contributed by atoms with Crippen LogP contribution in [0.1, 0.15) is 27.0 Å². The van der Waals surface area contributed by atoms with Crippen molar-refractivity contribution < 1.29 is 28.0 Å². The number of halogens is 3. The molecule has 1 fully saturated rings.